The van der Waals surface area contributed by atoms with Gasteiger partial charge in [-0.2, -0.15) is 0 Å². The monoisotopic (exact) mass is 195 g/mol. The molecule has 1 heterocycles. The zero-order chi connectivity index (χ0) is 9.97. The first-order chi connectivity index (χ1) is 6.81. The van der Waals surface area contributed by atoms with E-state index < -0.39 is 0 Å². The van der Waals surface area contributed by atoms with Gasteiger partial charge in [-0.1, -0.05) is 0 Å². The molecule has 78 valence electrons. The van der Waals surface area contributed by atoms with Crippen LogP contribution >= 0.6 is 0 Å². The van der Waals surface area contributed by atoms with Gasteiger partial charge in [0.05, 0.1) is 6.10 Å². The summed E-state index contributed by atoms with van der Waals surface area (Å²) in [7, 11) is 1.75. The number of methoxy groups -OCH3 is 1. The van der Waals surface area contributed by atoms with Crippen LogP contribution in [0.4, 0.5) is 0 Å². The van der Waals surface area contributed by atoms with Crippen LogP contribution in [0.1, 0.15) is 38.1 Å². The zero-order valence-electron chi connectivity index (χ0n) is 8.81. The highest BCUT2D eigenvalue weighted by atomic mass is 16.5. The Bertz CT molecular complexity index is 293. The minimum absolute atomic E-state index is 0.305. The van der Waals surface area contributed by atoms with Gasteiger partial charge in [-0.05, 0) is 26.2 Å². The first-order valence-electron chi connectivity index (χ1n) is 5.22. The van der Waals surface area contributed by atoms with Crippen molar-refractivity contribution in [2.45, 2.75) is 44.8 Å². The lowest BCUT2D eigenvalue weighted by Gasteiger charge is -2.09. The van der Waals surface area contributed by atoms with E-state index in [2.05, 4.69) is 21.7 Å². The molecule has 2 rings (SSSR count). The molecule has 0 aromatic carbocycles. The molecule has 1 unspecified atom stereocenters. The Morgan fingerprint density at radius 1 is 1.64 bits per heavy atom. The van der Waals surface area contributed by atoms with Gasteiger partial charge in [-0.25, -0.2) is 0 Å². The van der Waals surface area contributed by atoms with Crippen molar-refractivity contribution in [3.05, 3.63) is 12.2 Å². The van der Waals surface area contributed by atoms with Gasteiger partial charge < -0.3 is 9.30 Å². The summed E-state index contributed by atoms with van der Waals surface area (Å²) in [4.78, 5) is 0. The number of aryl methyl sites for hydroxylation is 1. The van der Waals surface area contributed by atoms with Crippen LogP contribution in [0.15, 0.2) is 6.33 Å². The van der Waals surface area contributed by atoms with Crippen molar-refractivity contribution in [1.29, 1.82) is 0 Å². The Balaban J connectivity index is 1.91. The molecule has 0 bridgehead atoms. The van der Waals surface area contributed by atoms with Crippen LogP contribution in [0.2, 0.25) is 0 Å². The number of hydrogen-bond donors (Lipinski definition) is 0. The van der Waals surface area contributed by atoms with Gasteiger partial charge in [-0.15, -0.1) is 10.2 Å². The van der Waals surface area contributed by atoms with Crippen LogP contribution in [0.25, 0.3) is 0 Å². The lowest BCUT2D eigenvalue weighted by Crippen LogP contribution is -2.09. The number of rotatable bonds is 5. The van der Waals surface area contributed by atoms with Crippen LogP contribution in [0, 0.1) is 0 Å². The van der Waals surface area contributed by atoms with Crippen LogP contribution in [0.5, 0.6) is 0 Å². The highest BCUT2D eigenvalue weighted by Gasteiger charge is 2.25. The Labute approximate surface area is 84.3 Å². The minimum Gasteiger partial charge on any atom is -0.382 e. The first-order valence-corrected chi connectivity index (χ1v) is 5.22. The van der Waals surface area contributed by atoms with Crippen molar-refractivity contribution in [2.75, 3.05) is 7.11 Å². The van der Waals surface area contributed by atoms with Crippen molar-refractivity contribution in [2.24, 2.45) is 0 Å². The van der Waals surface area contributed by atoms with Crippen LogP contribution in [-0.4, -0.2) is 28.0 Å². The average Bonchev–Trinajstić information content (AvgIpc) is 2.94. The fourth-order valence-electron chi connectivity index (χ4n) is 1.55. The summed E-state index contributed by atoms with van der Waals surface area (Å²) < 4.78 is 7.42. The molecule has 1 aromatic heterocycles. The molecule has 4 nitrogen and oxygen atoms in total. The van der Waals surface area contributed by atoms with E-state index in [0.717, 1.165) is 18.7 Å². The number of ether oxygens (including phenoxy) is 1. The van der Waals surface area contributed by atoms with Gasteiger partial charge in [0.1, 0.15) is 12.2 Å². The van der Waals surface area contributed by atoms with E-state index in [0.29, 0.717) is 12.1 Å². The van der Waals surface area contributed by atoms with Gasteiger partial charge in [0, 0.05) is 19.6 Å². The molecule has 0 amide bonds. The Morgan fingerprint density at radius 2 is 2.43 bits per heavy atom. The van der Waals surface area contributed by atoms with E-state index in [1.54, 1.807) is 7.11 Å². The molecule has 14 heavy (non-hydrogen) atoms. The molecule has 1 aliphatic carbocycles. The highest BCUT2D eigenvalue weighted by molar-refractivity contribution is 4.95. The maximum Gasteiger partial charge on any atom is 0.133 e. The average molecular weight is 195 g/mol. The molecular weight excluding hydrogens is 178 g/mol. The van der Waals surface area contributed by atoms with Crippen molar-refractivity contribution in [1.82, 2.24) is 14.8 Å². The van der Waals surface area contributed by atoms with Gasteiger partial charge in [0.2, 0.25) is 0 Å². The second-order valence-corrected chi connectivity index (χ2v) is 3.97. The van der Waals surface area contributed by atoms with Gasteiger partial charge in [-0.3, -0.25) is 0 Å². The molecule has 1 fully saturated rings. The third kappa shape index (κ3) is 2.12. The second kappa shape index (κ2) is 4.09. The third-order valence-corrected chi connectivity index (χ3v) is 2.76. The lowest BCUT2D eigenvalue weighted by atomic mass is 10.2. The standard InChI is InChI=1S/C10H17N3O/c1-8(14-2)3-6-10-12-11-7-13(10)9-4-5-9/h7-9H,3-6H2,1-2H3. The summed E-state index contributed by atoms with van der Waals surface area (Å²) in [5.41, 5.74) is 0. The quantitative estimate of drug-likeness (QED) is 0.716. The highest BCUT2D eigenvalue weighted by Crippen LogP contribution is 2.35. The first kappa shape index (κ1) is 9.65. The normalized spacial score (nSPS) is 18.4. The maximum absolute atomic E-state index is 5.21. The summed E-state index contributed by atoms with van der Waals surface area (Å²) >= 11 is 0. The van der Waals surface area contributed by atoms with Crippen molar-refractivity contribution in [3.8, 4) is 0 Å². The zero-order valence-corrected chi connectivity index (χ0v) is 8.81. The van der Waals surface area contributed by atoms with Crippen LogP contribution in [-0.2, 0) is 11.2 Å². The third-order valence-electron chi connectivity index (χ3n) is 2.76. The van der Waals surface area contributed by atoms with E-state index in [9.17, 15) is 0 Å². The van der Waals surface area contributed by atoms with Gasteiger partial charge >= 0.3 is 0 Å². The molecule has 1 aromatic rings. The van der Waals surface area contributed by atoms with Crippen molar-refractivity contribution >= 4 is 0 Å². The van der Waals surface area contributed by atoms with Crippen LogP contribution in [0.3, 0.4) is 0 Å². The lowest BCUT2D eigenvalue weighted by molar-refractivity contribution is 0.110. The summed E-state index contributed by atoms with van der Waals surface area (Å²) in [5.74, 6) is 1.11. The Hall–Kier alpha value is -0.900. The molecule has 0 aliphatic heterocycles. The van der Waals surface area contributed by atoms with Crippen molar-refractivity contribution < 1.29 is 4.74 Å². The van der Waals surface area contributed by atoms with E-state index >= 15 is 0 Å². The summed E-state index contributed by atoms with van der Waals surface area (Å²) in [5, 5.41) is 8.10. The topological polar surface area (TPSA) is 39.9 Å². The molecule has 1 aliphatic rings. The molecule has 0 radical (unpaired) electrons. The molecule has 0 N–H and O–H groups in total. The number of nitrogens with zero attached hydrogens (tertiary/aromatic N) is 3. The Kier molecular flexibility index (Phi) is 2.82. The fourth-order valence-corrected chi connectivity index (χ4v) is 1.55. The van der Waals surface area contributed by atoms with Crippen molar-refractivity contribution in [3.63, 3.8) is 0 Å². The fraction of sp³-hybridized carbons (Fsp3) is 0.800. The van der Waals surface area contributed by atoms with E-state index in [1.165, 1.54) is 12.8 Å². The minimum atomic E-state index is 0.305. The second-order valence-electron chi connectivity index (χ2n) is 3.97. The molecular formula is C10H17N3O. The summed E-state index contributed by atoms with van der Waals surface area (Å²) in [6.45, 7) is 2.08. The smallest absolute Gasteiger partial charge is 0.133 e. The molecule has 0 spiro atoms. The maximum atomic E-state index is 5.21. The predicted octanol–water partition coefficient (Wildman–Crippen LogP) is 1.58. The molecule has 1 atom stereocenters. The predicted molar refractivity (Wildman–Crippen MR) is 53.1 cm³/mol. The molecule has 0 saturated heterocycles. The Morgan fingerprint density at radius 3 is 3.07 bits per heavy atom. The number of hydrogen-bond acceptors (Lipinski definition) is 3. The largest absolute Gasteiger partial charge is 0.382 e. The van der Waals surface area contributed by atoms with Gasteiger partial charge in [0.25, 0.3) is 0 Å². The summed E-state index contributed by atoms with van der Waals surface area (Å²) in [6.07, 6.45) is 6.70. The summed E-state index contributed by atoms with van der Waals surface area (Å²) in [6, 6.07) is 0.679. The van der Waals surface area contributed by atoms with E-state index in [1.807, 2.05) is 6.33 Å². The number of aromatic nitrogens is 3. The SMILES string of the molecule is COC(C)CCc1nncn1C1CC1. The van der Waals surface area contributed by atoms with Crippen LogP contribution < -0.4 is 0 Å². The molecule has 1 saturated carbocycles. The van der Waals surface area contributed by atoms with E-state index in [-0.39, 0.29) is 0 Å². The van der Waals surface area contributed by atoms with E-state index in [4.69, 9.17) is 4.74 Å². The molecule has 4 heteroatoms. The van der Waals surface area contributed by atoms with Gasteiger partial charge in [0.15, 0.2) is 0 Å².